The van der Waals surface area contributed by atoms with Crippen LogP contribution < -0.4 is 19.5 Å². The number of ether oxygens (including phenoxy) is 3. The number of carbonyl (C=O) groups excluding carboxylic acids is 1. The van der Waals surface area contributed by atoms with E-state index < -0.39 is 0 Å². The number of hydrogen-bond donors (Lipinski definition) is 1. The highest BCUT2D eigenvalue weighted by atomic mass is 16.7. The first kappa shape index (κ1) is 16.2. The molecule has 0 radical (unpaired) electrons. The highest BCUT2D eigenvalue weighted by Crippen LogP contribution is 2.34. The van der Waals surface area contributed by atoms with Gasteiger partial charge in [-0.05, 0) is 37.5 Å². The molecule has 0 bridgehead atoms. The molecule has 5 heteroatoms. The van der Waals surface area contributed by atoms with Crippen molar-refractivity contribution in [1.29, 1.82) is 0 Å². The van der Waals surface area contributed by atoms with Gasteiger partial charge in [-0.2, -0.15) is 0 Å². The molecule has 1 N–H and O–H groups in total. The van der Waals surface area contributed by atoms with Gasteiger partial charge in [0, 0.05) is 12.1 Å². The quantitative estimate of drug-likeness (QED) is 0.849. The predicted octanol–water partition coefficient (Wildman–Crippen LogP) is 2.93. The molecule has 0 fully saturated rings. The molecule has 1 unspecified atom stereocenters. The van der Waals surface area contributed by atoms with E-state index in [1.165, 1.54) is 5.56 Å². The fourth-order valence-corrected chi connectivity index (χ4v) is 2.53. The lowest BCUT2D eigenvalue weighted by molar-refractivity contribution is -0.123. The molecule has 0 aromatic heterocycles. The summed E-state index contributed by atoms with van der Waals surface area (Å²) in [6, 6.07) is 15.6. The number of hydrogen-bond acceptors (Lipinski definition) is 4. The molecule has 24 heavy (non-hydrogen) atoms. The Bertz CT molecular complexity index is 687. The second-order valence-electron chi connectivity index (χ2n) is 5.80. The van der Waals surface area contributed by atoms with Gasteiger partial charge in [0.15, 0.2) is 18.1 Å². The van der Waals surface area contributed by atoms with Crippen molar-refractivity contribution in [1.82, 2.24) is 5.32 Å². The number of benzene rings is 2. The zero-order valence-electron chi connectivity index (χ0n) is 13.7. The maximum Gasteiger partial charge on any atom is 0.258 e. The number of carbonyl (C=O) groups is 1. The maximum atomic E-state index is 12.0. The average Bonchev–Trinajstić information content (AvgIpc) is 3.07. The van der Waals surface area contributed by atoms with Crippen LogP contribution in [0.2, 0.25) is 0 Å². The van der Waals surface area contributed by atoms with Gasteiger partial charge in [-0.15, -0.1) is 0 Å². The van der Waals surface area contributed by atoms with Crippen molar-refractivity contribution in [2.24, 2.45) is 0 Å². The van der Waals surface area contributed by atoms with Crippen LogP contribution in [0.3, 0.4) is 0 Å². The molecule has 0 saturated carbocycles. The minimum absolute atomic E-state index is 0.0185. The molecule has 3 rings (SSSR count). The lowest BCUT2D eigenvalue weighted by Gasteiger charge is -2.14. The van der Waals surface area contributed by atoms with Gasteiger partial charge in [0.05, 0.1) is 0 Å². The van der Waals surface area contributed by atoms with E-state index in [1.807, 2.05) is 25.1 Å². The Morgan fingerprint density at radius 3 is 2.79 bits per heavy atom. The first-order chi connectivity index (χ1) is 11.7. The van der Waals surface area contributed by atoms with E-state index in [-0.39, 0.29) is 25.3 Å². The van der Waals surface area contributed by atoms with E-state index in [0.29, 0.717) is 17.2 Å². The van der Waals surface area contributed by atoms with E-state index in [4.69, 9.17) is 14.2 Å². The second kappa shape index (κ2) is 7.73. The standard InChI is InChI=1S/C19H21NO4/c1-14(7-8-15-5-3-2-4-6-15)20-19(21)12-22-16-9-10-17-18(11-16)24-13-23-17/h2-6,9-11,14H,7-8,12-13H2,1H3,(H,20,21). The maximum absolute atomic E-state index is 12.0. The third kappa shape index (κ3) is 4.41. The molecule has 126 valence electrons. The van der Waals surface area contributed by atoms with Crippen LogP contribution in [-0.4, -0.2) is 25.3 Å². The van der Waals surface area contributed by atoms with Crippen molar-refractivity contribution < 1.29 is 19.0 Å². The number of fused-ring (bicyclic) bond motifs is 1. The monoisotopic (exact) mass is 327 g/mol. The third-order valence-corrected chi connectivity index (χ3v) is 3.83. The highest BCUT2D eigenvalue weighted by Gasteiger charge is 2.14. The molecule has 2 aromatic carbocycles. The molecule has 1 amide bonds. The molecule has 1 aliphatic heterocycles. The molecule has 0 spiro atoms. The smallest absolute Gasteiger partial charge is 0.258 e. The molecule has 1 heterocycles. The SMILES string of the molecule is CC(CCc1ccccc1)NC(=O)COc1ccc2c(c1)OCO2. The summed E-state index contributed by atoms with van der Waals surface area (Å²) in [6.07, 6.45) is 1.82. The van der Waals surface area contributed by atoms with Gasteiger partial charge in [-0.1, -0.05) is 30.3 Å². The van der Waals surface area contributed by atoms with Gasteiger partial charge in [0.25, 0.3) is 5.91 Å². The minimum atomic E-state index is -0.131. The van der Waals surface area contributed by atoms with Gasteiger partial charge < -0.3 is 19.5 Å². The van der Waals surface area contributed by atoms with Crippen LogP contribution in [0.25, 0.3) is 0 Å². The van der Waals surface area contributed by atoms with Crippen LogP contribution >= 0.6 is 0 Å². The zero-order chi connectivity index (χ0) is 16.8. The second-order valence-corrected chi connectivity index (χ2v) is 5.80. The predicted molar refractivity (Wildman–Crippen MR) is 90.4 cm³/mol. The lowest BCUT2D eigenvalue weighted by Crippen LogP contribution is -2.36. The van der Waals surface area contributed by atoms with Crippen molar-refractivity contribution in [2.75, 3.05) is 13.4 Å². The van der Waals surface area contributed by atoms with E-state index in [2.05, 4.69) is 17.4 Å². The van der Waals surface area contributed by atoms with Crippen molar-refractivity contribution in [2.45, 2.75) is 25.8 Å². The summed E-state index contributed by atoms with van der Waals surface area (Å²) in [7, 11) is 0. The molecule has 1 atom stereocenters. The van der Waals surface area contributed by atoms with Crippen molar-refractivity contribution in [3.05, 3.63) is 54.1 Å². The number of nitrogens with one attached hydrogen (secondary N) is 1. The highest BCUT2D eigenvalue weighted by molar-refractivity contribution is 5.77. The number of rotatable bonds is 7. The topological polar surface area (TPSA) is 56.8 Å². The Morgan fingerprint density at radius 2 is 1.96 bits per heavy atom. The third-order valence-electron chi connectivity index (χ3n) is 3.83. The summed E-state index contributed by atoms with van der Waals surface area (Å²) >= 11 is 0. The average molecular weight is 327 g/mol. The Hall–Kier alpha value is -2.69. The van der Waals surface area contributed by atoms with Crippen LogP contribution in [0.15, 0.2) is 48.5 Å². The normalized spacial score (nSPS) is 13.4. The van der Waals surface area contributed by atoms with Crippen molar-refractivity contribution in [3.8, 4) is 17.2 Å². The fraction of sp³-hybridized carbons (Fsp3) is 0.316. The van der Waals surface area contributed by atoms with Crippen LogP contribution in [-0.2, 0) is 11.2 Å². The fourth-order valence-electron chi connectivity index (χ4n) is 2.53. The van der Waals surface area contributed by atoms with E-state index >= 15 is 0 Å². The number of amides is 1. The summed E-state index contributed by atoms with van der Waals surface area (Å²) < 4.78 is 16.0. The van der Waals surface area contributed by atoms with Gasteiger partial charge in [0.1, 0.15) is 5.75 Å². The molecular weight excluding hydrogens is 306 g/mol. The van der Waals surface area contributed by atoms with E-state index in [0.717, 1.165) is 12.8 Å². The van der Waals surface area contributed by atoms with Crippen LogP contribution in [0.4, 0.5) is 0 Å². The Balaban J connectivity index is 1.40. The zero-order valence-corrected chi connectivity index (χ0v) is 13.7. The molecular formula is C19H21NO4. The Morgan fingerprint density at radius 1 is 1.17 bits per heavy atom. The van der Waals surface area contributed by atoms with Crippen LogP contribution in [0.5, 0.6) is 17.2 Å². The number of aryl methyl sites for hydroxylation is 1. The molecule has 1 aliphatic rings. The van der Waals surface area contributed by atoms with Gasteiger partial charge in [0.2, 0.25) is 6.79 Å². The molecule has 0 saturated heterocycles. The summed E-state index contributed by atoms with van der Waals surface area (Å²) in [6.45, 7) is 2.20. The van der Waals surface area contributed by atoms with Crippen molar-refractivity contribution in [3.63, 3.8) is 0 Å². The molecule has 0 aliphatic carbocycles. The molecule has 2 aromatic rings. The van der Waals surface area contributed by atoms with E-state index in [9.17, 15) is 4.79 Å². The van der Waals surface area contributed by atoms with Gasteiger partial charge in [-0.25, -0.2) is 0 Å². The summed E-state index contributed by atoms with van der Waals surface area (Å²) in [4.78, 5) is 12.0. The summed E-state index contributed by atoms with van der Waals surface area (Å²) in [5.41, 5.74) is 1.27. The molecule has 5 nitrogen and oxygen atoms in total. The van der Waals surface area contributed by atoms with Crippen molar-refractivity contribution >= 4 is 5.91 Å². The lowest BCUT2D eigenvalue weighted by atomic mass is 10.1. The van der Waals surface area contributed by atoms with Gasteiger partial charge >= 0.3 is 0 Å². The first-order valence-electron chi connectivity index (χ1n) is 8.06. The summed E-state index contributed by atoms with van der Waals surface area (Å²) in [5.74, 6) is 1.80. The largest absolute Gasteiger partial charge is 0.484 e. The van der Waals surface area contributed by atoms with Crippen LogP contribution in [0.1, 0.15) is 18.9 Å². The van der Waals surface area contributed by atoms with E-state index in [1.54, 1.807) is 18.2 Å². The van der Waals surface area contributed by atoms with Crippen LogP contribution in [0, 0.1) is 0 Å². The summed E-state index contributed by atoms with van der Waals surface area (Å²) in [5, 5.41) is 2.95. The van der Waals surface area contributed by atoms with Gasteiger partial charge in [-0.3, -0.25) is 4.79 Å². The Kier molecular flexibility index (Phi) is 5.21. The minimum Gasteiger partial charge on any atom is -0.484 e. The first-order valence-corrected chi connectivity index (χ1v) is 8.06. The Labute approximate surface area is 141 Å².